The summed E-state index contributed by atoms with van der Waals surface area (Å²) in [7, 11) is 0. The van der Waals surface area contributed by atoms with E-state index in [0.717, 1.165) is 31.2 Å². The van der Waals surface area contributed by atoms with Crippen molar-refractivity contribution in [2.24, 2.45) is 0 Å². The van der Waals surface area contributed by atoms with Crippen LogP contribution in [0.3, 0.4) is 0 Å². The Kier molecular flexibility index (Phi) is 8.96. The molecule has 0 aromatic heterocycles. The van der Waals surface area contributed by atoms with E-state index < -0.39 is 6.04 Å². The average molecular weight is 304 g/mol. The van der Waals surface area contributed by atoms with Crippen LogP contribution in [0.15, 0.2) is 30.3 Å². The average Bonchev–Trinajstić information content (AvgIpc) is 2.52. The molecule has 0 aliphatic carbocycles. The van der Waals surface area contributed by atoms with E-state index in [4.69, 9.17) is 0 Å². The molecule has 22 heavy (non-hydrogen) atoms. The molecule has 1 aromatic rings. The first-order chi connectivity index (χ1) is 10.7. The van der Waals surface area contributed by atoms with E-state index >= 15 is 0 Å². The van der Waals surface area contributed by atoms with E-state index in [1.165, 1.54) is 0 Å². The first-order valence-electron chi connectivity index (χ1n) is 8.28. The van der Waals surface area contributed by atoms with Crippen molar-refractivity contribution in [1.82, 2.24) is 10.6 Å². The molecular weight excluding hydrogens is 276 g/mol. The van der Waals surface area contributed by atoms with E-state index in [0.29, 0.717) is 19.4 Å². The Labute approximate surface area is 133 Å². The highest BCUT2D eigenvalue weighted by Crippen LogP contribution is 2.04. The van der Waals surface area contributed by atoms with Gasteiger partial charge in [0.2, 0.25) is 11.8 Å². The smallest absolute Gasteiger partial charge is 0.242 e. The number of benzene rings is 1. The van der Waals surface area contributed by atoms with Crippen LogP contribution in [0.5, 0.6) is 0 Å². The molecule has 0 radical (unpaired) electrons. The quantitative estimate of drug-likeness (QED) is 0.653. The summed E-state index contributed by atoms with van der Waals surface area (Å²) in [5, 5.41) is 5.79. The van der Waals surface area contributed by atoms with Crippen molar-refractivity contribution in [3.05, 3.63) is 35.9 Å². The van der Waals surface area contributed by atoms with Crippen LogP contribution in [0.1, 0.15) is 51.5 Å². The zero-order valence-corrected chi connectivity index (χ0v) is 13.7. The van der Waals surface area contributed by atoms with Gasteiger partial charge >= 0.3 is 0 Å². The first-order valence-corrected chi connectivity index (χ1v) is 8.28. The third-order valence-corrected chi connectivity index (χ3v) is 3.49. The van der Waals surface area contributed by atoms with Gasteiger partial charge in [-0.1, -0.05) is 57.0 Å². The molecule has 1 unspecified atom stereocenters. The lowest BCUT2D eigenvalue weighted by Crippen LogP contribution is -2.48. The van der Waals surface area contributed by atoms with Gasteiger partial charge in [0.1, 0.15) is 6.04 Å². The molecule has 4 heteroatoms. The van der Waals surface area contributed by atoms with Crippen molar-refractivity contribution < 1.29 is 9.59 Å². The van der Waals surface area contributed by atoms with Crippen molar-refractivity contribution in [3.8, 4) is 0 Å². The van der Waals surface area contributed by atoms with Crippen molar-refractivity contribution in [2.45, 2.75) is 58.4 Å². The van der Waals surface area contributed by atoms with Gasteiger partial charge in [-0.2, -0.15) is 0 Å². The molecule has 0 saturated carbocycles. The van der Waals surface area contributed by atoms with Crippen molar-refractivity contribution in [2.75, 3.05) is 6.54 Å². The number of carbonyl (C=O) groups is 2. The Morgan fingerprint density at radius 2 is 1.77 bits per heavy atom. The molecule has 1 atom stereocenters. The van der Waals surface area contributed by atoms with Gasteiger partial charge in [0.25, 0.3) is 0 Å². The number of rotatable bonds is 10. The number of carbonyl (C=O) groups excluding carboxylic acids is 2. The van der Waals surface area contributed by atoms with Crippen LogP contribution in [0, 0.1) is 0 Å². The van der Waals surface area contributed by atoms with Gasteiger partial charge in [-0.3, -0.25) is 9.59 Å². The summed E-state index contributed by atoms with van der Waals surface area (Å²) in [4.78, 5) is 24.2. The van der Waals surface area contributed by atoms with Crippen molar-refractivity contribution >= 4 is 11.8 Å². The van der Waals surface area contributed by atoms with E-state index in [2.05, 4.69) is 17.6 Å². The lowest BCUT2D eigenvalue weighted by molar-refractivity contribution is -0.129. The van der Waals surface area contributed by atoms with Crippen LogP contribution in [-0.2, 0) is 16.0 Å². The highest BCUT2D eigenvalue weighted by molar-refractivity contribution is 5.87. The fourth-order valence-electron chi connectivity index (χ4n) is 2.26. The van der Waals surface area contributed by atoms with Gasteiger partial charge < -0.3 is 10.6 Å². The summed E-state index contributed by atoms with van der Waals surface area (Å²) in [5.74, 6) is -0.156. The second-order valence-corrected chi connectivity index (χ2v) is 5.56. The van der Waals surface area contributed by atoms with E-state index in [9.17, 15) is 9.59 Å². The van der Waals surface area contributed by atoms with Gasteiger partial charge in [0, 0.05) is 19.4 Å². The summed E-state index contributed by atoms with van der Waals surface area (Å²) in [6.07, 6.45) is 4.96. The number of amides is 2. The van der Waals surface area contributed by atoms with Crippen LogP contribution in [0.2, 0.25) is 0 Å². The van der Waals surface area contributed by atoms with Crippen LogP contribution >= 0.6 is 0 Å². The molecule has 2 N–H and O–H groups in total. The van der Waals surface area contributed by atoms with Gasteiger partial charge in [-0.05, 0) is 18.4 Å². The third kappa shape index (κ3) is 7.25. The Morgan fingerprint density at radius 3 is 2.41 bits per heavy atom. The van der Waals surface area contributed by atoms with Crippen LogP contribution in [-0.4, -0.2) is 24.4 Å². The first kappa shape index (κ1) is 18.2. The molecule has 0 heterocycles. The van der Waals surface area contributed by atoms with E-state index in [1.807, 2.05) is 37.3 Å². The number of unbranched alkanes of at least 4 members (excludes halogenated alkanes) is 2. The molecule has 0 aliphatic heterocycles. The SMILES string of the molecule is CCCCCNC(=O)C(Cc1ccccc1)NC(=O)CCC. The lowest BCUT2D eigenvalue weighted by atomic mass is 10.0. The van der Waals surface area contributed by atoms with Crippen molar-refractivity contribution in [3.63, 3.8) is 0 Å². The third-order valence-electron chi connectivity index (χ3n) is 3.49. The van der Waals surface area contributed by atoms with Gasteiger partial charge in [0.15, 0.2) is 0 Å². The summed E-state index contributed by atoms with van der Waals surface area (Å²) >= 11 is 0. The predicted octanol–water partition coefficient (Wildman–Crippen LogP) is 2.82. The Balaban J connectivity index is 2.60. The molecule has 4 nitrogen and oxygen atoms in total. The molecule has 1 rings (SSSR count). The fraction of sp³-hybridized carbons (Fsp3) is 0.556. The van der Waals surface area contributed by atoms with Gasteiger partial charge in [-0.15, -0.1) is 0 Å². The largest absolute Gasteiger partial charge is 0.354 e. The number of nitrogens with one attached hydrogen (secondary N) is 2. The Morgan fingerprint density at radius 1 is 1.05 bits per heavy atom. The van der Waals surface area contributed by atoms with Crippen LogP contribution in [0.4, 0.5) is 0 Å². The highest BCUT2D eigenvalue weighted by atomic mass is 16.2. The summed E-state index contributed by atoms with van der Waals surface area (Å²) in [5.41, 5.74) is 1.05. The molecule has 122 valence electrons. The zero-order valence-electron chi connectivity index (χ0n) is 13.7. The van der Waals surface area contributed by atoms with Crippen LogP contribution in [0.25, 0.3) is 0 Å². The molecule has 0 fully saturated rings. The highest BCUT2D eigenvalue weighted by Gasteiger charge is 2.20. The Bertz CT molecular complexity index is 446. The van der Waals surface area contributed by atoms with E-state index in [1.54, 1.807) is 0 Å². The molecule has 0 bridgehead atoms. The summed E-state index contributed by atoms with van der Waals surface area (Å²) < 4.78 is 0. The predicted molar refractivity (Wildman–Crippen MR) is 89.5 cm³/mol. The minimum atomic E-state index is -0.497. The second kappa shape index (κ2) is 10.8. The maximum absolute atomic E-state index is 12.3. The van der Waals surface area contributed by atoms with Crippen LogP contribution < -0.4 is 10.6 Å². The summed E-state index contributed by atoms with van der Waals surface area (Å²) in [6.45, 7) is 4.75. The fourth-order valence-corrected chi connectivity index (χ4v) is 2.26. The minimum Gasteiger partial charge on any atom is -0.354 e. The molecule has 0 spiro atoms. The summed E-state index contributed by atoms with van der Waals surface area (Å²) in [6, 6.07) is 9.29. The van der Waals surface area contributed by atoms with Gasteiger partial charge in [0.05, 0.1) is 0 Å². The maximum atomic E-state index is 12.3. The Hall–Kier alpha value is -1.84. The molecule has 2 amide bonds. The normalized spacial score (nSPS) is 11.7. The second-order valence-electron chi connectivity index (χ2n) is 5.56. The lowest BCUT2D eigenvalue weighted by Gasteiger charge is -2.18. The standard InChI is InChI=1S/C18H28N2O2/c1-3-5-9-13-19-18(22)16(20-17(21)10-4-2)14-15-11-7-6-8-12-15/h6-8,11-12,16H,3-5,9-10,13-14H2,1-2H3,(H,19,22)(H,20,21). The minimum absolute atomic E-state index is 0.0628. The molecule has 0 saturated heterocycles. The van der Waals surface area contributed by atoms with E-state index in [-0.39, 0.29) is 11.8 Å². The zero-order chi connectivity index (χ0) is 16.2. The molecule has 1 aromatic carbocycles. The molecular formula is C18H28N2O2. The monoisotopic (exact) mass is 304 g/mol. The number of hydrogen-bond acceptors (Lipinski definition) is 2. The number of hydrogen-bond donors (Lipinski definition) is 2. The van der Waals surface area contributed by atoms with Crippen molar-refractivity contribution in [1.29, 1.82) is 0 Å². The van der Waals surface area contributed by atoms with Gasteiger partial charge in [-0.25, -0.2) is 0 Å². The maximum Gasteiger partial charge on any atom is 0.242 e. The molecule has 0 aliphatic rings. The topological polar surface area (TPSA) is 58.2 Å².